The maximum Gasteiger partial charge on any atom is 0.00399 e. The monoisotopic (exact) mass is 186 g/mol. The van der Waals surface area contributed by atoms with Crippen LogP contribution in [0.4, 0.5) is 0 Å². The third-order valence-corrected chi connectivity index (χ3v) is 2.32. The Kier molecular flexibility index (Phi) is 8.46. The third-order valence-electron chi connectivity index (χ3n) is 2.32. The van der Waals surface area contributed by atoms with Crippen LogP contribution in [0.15, 0.2) is 0 Å². The number of rotatable bonds is 5. The highest BCUT2D eigenvalue weighted by Crippen LogP contribution is 2.13. The topological polar surface area (TPSA) is 52.0 Å². The molecule has 0 heterocycles. The molecule has 0 aromatic heterocycles. The normalized spacial score (nSPS) is 17.5. The Balaban J connectivity index is 0.000000293. The van der Waals surface area contributed by atoms with Gasteiger partial charge in [0.1, 0.15) is 0 Å². The van der Waals surface area contributed by atoms with E-state index in [0.29, 0.717) is 12.1 Å². The maximum atomic E-state index is 5.71. The minimum Gasteiger partial charge on any atom is -0.328 e. The molecule has 2 nitrogen and oxygen atoms in total. The van der Waals surface area contributed by atoms with Gasteiger partial charge in [0.05, 0.1) is 0 Å². The van der Waals surface area contributed by atoms with Gasteiger partial charge < -0.3 is 11.5 Å². The highest BCUT2D eigenvalue weighted by molar-refractivity contribution is 4.75. The molecule has 0 bridgehead atoms. The van der Waals surface area contributed by atoms with Gasteiger partial charge in [-0.3, -0.25) is 0 Å². The Labute approximate surface area is 83.1 Å². The molecule has 1 fully saturated rings. The Morgan fingerprint density at radius 3 is 2.08 bits per heavy atom. The zero-order valence-electron chi connectivity index (χ0n) is 9.26. The summed E-state index contributed by atoms with van der Waals surface area (Å²) in [5.74, 6) is 0. The molecule has 4 N–H and O–H groups in total. The van der Waals surface area contributed by atoms with Crippen molar-refractivity contribution in [3.63, 3.8) is 0 Å². The van der Waals surface area contributed by atoms with Crippen molar-refractivity contribution >= 4 is 0 Å². The maximum absolute atomic E-state index is 5.71. The number of nitrogens with two attached hydrogens (primary N) is 2. The lowest BCUT2D eigenvalue weighted by Gasteiger charge is -2.05. The van der Waals surface area contributed by atoms with Gasteiger partial charge in [-0.1, -0.05) is 33.1 Å². The first-order valence-corrected chi connectivity index (χ1v) is 5.71. The molecule has 13 heavy (non-hydrogen) atoms. The van der Waals surface area contributed by atoms with E-state index < -0.39 is 0 Å². The molecule has 0 aromatic carbocycles. The van der Waals surface area contributed by atoms with Crippen LogP contribution in [-0.4, -0.2) is 12.1 Å². The summed E-state index contributed by atoms with van der Waals surface area (Å²) in [6.45, 7) is 4.37. The first kappa shape index (κ1) is 12.9. The van der Waals surface area contributed by atoms with E-state index in [1.165, 1.54) is 38.5 Å². The van der Waals surface area contributed by atoms with E-state index >= 15 is 0 Å². The van der Waals surface area contributed by atoms with Crippen molar-refractivity contribution in [2.45, 2.75) is 70.9 Å². The van der Waals surface area contributed by atoms with Gasteiger partial charge in [0.25, 0.3) is 0 Å². The first-order valence-electron chi connectivity index (χ1n) is 5.71. The minimum absolute atomic E-state index is 0.455. The SMILES string of the molecule is CCCCCC(N)CC.NC1CC1. The van der Waals surface area contributed by atoms with Gasteiger partial charge in [-0.05, 0) is 25.7 Å². The van der Waals surface area contributed by atoms with Gasteiger partial charge in [0, 0.05) is 12.1 Å². The number of hydrogen-bond donors (Lipinski definition) is 2. The Hall–Kier alpha value is -0.0800. The van der Waals surface area contributed by atoms with Gasteiger partial charge in [0.15, 0.2) is 0 Å². The van der Waals surface area contributed by atoms with Crippen LogP contribution < -0.4 is 11.5 Å². The highest BCUT2D eigenvalue weighted by atomic mass is 14.7. The molecule has 0 aromatic rings. The van der Waals surface area contributed by atoms with Crippen LogP contribution in [0.5, 0.6) is 0 Å². The van der Waals surface area contributed by atoms with Crippen molar-refractivity contribution in [3.05, 3.63) is 0 Å². The smallest absolute Gasteiger partial charge is 0.00399 e. The molecule has 1 atom stereocenters. The van der Waals surface area contributed by atoms with Crippen LogP contribution in [0.2, 0.25) is 0 Å². The summed E-state index contributed by atoms with van der Waals surface area (Å²) in [5, 5.41) is 0. The minimum atomic E-state index is 0.455. The Morgan fingerprint density at radius 1 is 1.23 bits per heavy atom. The van der Waals surface area contributed by atoms with Crippen molar-refractivity contribution in [3.8, 4) is 0 Å². The fourth-order valence-electron chi connectivity index (χ4n) is 0.957. The highest BCUT2D eigenvalue weighted by Gasteiger charge is 2.13. The summed E-state index contributed by atoms with van der Waals surface area (Å²) in [7, 11) is 0. The average Bonchev–Trinajstić information content (AvgIpc) is 2.89. The van der Waals surface area contributed by atoms with Crippen molar-refractivity contribution in [2.24, 2.45) is 11.5 Å². The summed E-state index contributed by atoms with van der Waals surface area (Å²) >= 11 is 0. The second-order valence-electron chi connectivity index (χ2n) is 4.00. The number of unbranched alkanes of at least 4 members (excludes halogenated alkanes) is 2. The second kappa shape index (κ2) is 8.52. The molecule has 0 saturated heterocycles. The molecular formula is C11H26N2. The fourth-order valence-corrected chi connectivity index (χ4v) is 0.957. The van der Waals surface area contributed by atoms with E-state index in [1.54, 1.807) is 0 Å². The largest absolute Gasteiger partial charge is 0.328 e. The summed E-state index contributed by atoms with van der Waals surface area (Å²) in [5.41, 5.74) is 10.9. The molecule has 2 heteroatoms. The van der Waals surface area contributed by atoms with Gasteiger partial charge in [-0.2, -0.15) is 0 Å². The van der Waals surface area contributed by atoms with Crippen molar-refractivity contribution in [2.75, 3.05) is 0 Å². The summed E-state index contributed by atoms with van der Waals surface area (Å²) in [4.78, 5) is 0. The van der Waals surface area contributed by atoms with Crippen LogP contribution in [0.3, 0.4) is 0 Å². The first-order chi connectivity index (χ1) is 6.20. The molecular weight excluding hydrogens is 160 g/mol. The molecule has 1 rings (SSSR count). The predicted molar refractivity (Wildman–Crippen MR) is 59.6 cm³/mol. The lowest BCUT2D eigenvalue weighted by molar-refractivity contribution is 0.547. The summed E-state index contributed by atoms with van der Waals surface area (Å²) < 4.78 is 0. The van der Waals surface area contributed by atoms with Crippen LogP contribution in [-0.2, 0) is 0 Å². The lowest BCUT2D eigenvalue weighted by atomic mass is 10.1. The van der Waals surface area contributed by atoms with Crippen LogP contribution in [0, 0.1) is 0 Å². The van der Waals surface area contributed by atoms with E-state index in [-0.39, 0.29) is 0 Å². The standard InChI is InChI=1S/C8H19N.C3H7N/c1-3-5-6-7-8(9)4-2;4-3-1-2-3/h8H,3-7,9H2,1-2H3;3H,1-2,4H2. The van der Waals surface area contributed by atoms with E-state index in [9.17, 15) is 0 Å². The van der Waals surface area contributed by atoms with Gasteiger partial charge >= 0.3 is 0 Å². The zero-order chi connectivity index (χ0) is 10.1. The van der Waals surface area contributed by atoms with E-state index in [1.807, 2.05) is 0 Å². The van der Waals surface area contributed by atoms with Crippen molar-refractivity contribution in [1.82, 2.24) is 0 Å². The molecule has 1 saturated carbocycles. The number of hydrogen-bond acceptors (Lipinski definition) is 2. The molecule has 80 valence electrons. The van der Waals surface area contributed by atoms with Crippen LogP contribution >= 0.6 is 0 Å². The van der Waals surface area contributed by atoms with E-state index in [0.717, 1.165) is 6.42 Å². The average molecular weight is 186 g/mol. The van der Waals surface area contributed by atoms with Crippen LogP contribution in [0.1, 0.15) is 58.8 Å². The summed E-state index contributed by atoms with van der Waals surface area (Å²) in [6, 6.07) is 1.04. The lowest BCUT2D eigenvalue weighted by Crippen LogP contribution is -2.17. The predicted octanol–water partition coefficient (Wildman–Crippen LogP) is 2.41. The third kappa shape index (κ3) is 11.9. The molecule has 0 radical (unpaired) electrons. The van der Waals surface area contributed by atoms with Gasteiger partial charge in [-0.15, -0.1) is 0 Å². The molecule has 0 aliphatic heterocycles. The molecule has 1 unspecified atom stereocenters. The van der Waals surface area contributed by atoms with Crippen molar-refractivity contribution in [1.29, 1.82) is 0 Å². The molecule has 1 aliphatic carbocycles. The molecule has 1 aliphatic rings. The fraction of sp³-hybridized carbons (Fsp3) is 1.00. The summed E-state index contributed by atoms with van der Waals surface area (Å²) in [6.07, 6.45) is 8.82. The van der Waals surface area contributed by atoms with E-state index in [2.05, 4.69) is 13.8 Å². The van der Waals surface area contributed by atoms with Gasteiger partial charge in [0.2, 0.25) is 0 Å². The molecule has 0 spiro atoms. The molecule has 0 amide bonds. The Bertz CT molecular complexity index is 100. The zero-order valence-corrected chi connectivity index (χ0v) is 9.26. The second-order valence-corrected chi connectivity index (χ2v) is 4.00. The quantitative estimate of drug-likeness (QED) is 0.648. The van der Waals surface area contributed by atoms with E-state index in [4.69, 9.17) is 11.5 Å². The Morgan fingerprint density at radius 2 is 1.77 bits per heavy atom. The van der Waals surface area contributed by atoms with Crippen LogP contribution in [0.25, 0.3) is 0 Å². The van der Waals surface area contributed by atoms with Crippen molar-refractivity contribution < 1.29 is 0 Å². The van der Waals surface area contributed by atoms with Gasteiger partial charge in [-0.25, -0.2) is 0 Å².